The Hall–Kier alpha value is -0.900. The normalized spacial score (nSPS) is 18.1. The third kappa shape index (κ3) is 3.65. The van der Waals surface area contributed by atoms with Gasteiger partial charge in [-0.25, -0.2) is 0 Å². The van der Waals surface area contributed by atoms with Crippen molar-refractivity contribution in [3.8, 4) is 0 Å². The van der Waals surface area contributed by atoms with Gasteiger partial charge in [0.1, 0.15) is 0 Å². The van der Waals surface area contributed by atoms with Gasteiger partial charge in [0.05, 0.1) is 0 Å². The van der Waals surface area contributed by atoms with E-state index in [0.717, 1.165) is 25.7 Å². The topological polar surface area (TPSA) is 21.3 Å². The number of benzene rings is 1. The van der Waals surface area contributed by atoms with Crippen molar-refractivity contribution in [2.75, 3.05) is 19.8 Å². The van der Waals surface area contributed by atoms with Crippen LogP contribution in [0.25, 0.3) is 10.1 Å². The molecule has 1 aliphatic heterocycles. The summed E-state index contributed by atoms with van der Waals surface area (Å²) in [6, 6.07) is 9.28. The van der Waals surface area contributed by atoms with Gasteiger partial charge in [0.25, 0.3) is 0 Å². The maximum Gasteiger partial charge on any atom is 0.0468 e. The van der Waals surface area contributed by atoms with Gasteiger partial charge in [-0.3, -0.25) is 0 Å². The molecule has 0 spiro atoms. The molecule has 1 N–H and O–H groups in total. The summed E-state index contributed by atoms with van der Waals surface area (Å²) >= 11 is 1.87. The van der Waals surface area contributed by atoms with Gasteiger partial charge in [0.15, 0.2) is 0 Å². The minimum Gasteiger partial charge on any atom is -0.381 e. The first kappa shape index (κ1) is 15.0. The van der Waals surface area contributed by atoms with E-state index in [9.17, 15) is 0 Å². The van der Waals surface area contributed by atoms with Gasteiger partial charge in [-0.15, -0.1) is 11.3 Å². The molecule has 1 fully saturated rings. The summed E-state index contributed by atoms with van der Waals surface area (Å²) in [5.41, 5.74) is 1.50. The van der Waals surface area contributed by atoms with E-state index >= 15 is 0 Å². The van der Waals surface area contributed by atoms with Crippen molar-refractivity contribution in [2.24, 2.45) is 5.92 Å². The van der Waals surface area contributed by atoms with Crippen LogP contribution in [0.15, 0.2) is 29.6 Å². The van der Waals surface area contributed by atoms with E-state index in [1.54, 1.807) is 0 Å². The summed E-state index contributed by atoms with van der Waals surface area (Å²) in [6.07, 6.45) is 4.86. The Bertz CT molecular complexity index is 559. The van der Waals surface area contributed by atoms with Crippen molar-refractivity contribution in [1.82, 2.24) is 5.32 Å². The lowest BCUT2D eigenvalue weighted by Gasteiger charge is -2.27. The minimum absolute atomic E-state index is 0.490. The molecule has 21 heavy (non-hydrogen) atoms. The number of hydrogen-bond donors (Lipinski definition) is 1. The first-order valence-corrected chi connectivity index (χ1v) is 9.03. The van der Waals surface area contributed by atoms with Crippen molar-refractivity contribution in [3.63, 3.8) is 0 Å². The Morgan fingerprint density at radius 1 is 1.29 bits per heavy atom. The van der Waals surface area contributed by atoms with Crippen molar-refractivity contribution in [1.29, 1.82) is 0 Å². The molecule has 1 aromatic carbocycles. The number of nitrogens with one attached hydrogen (secondary N) is 1. The molecule has 0 amide bonds. The van der Waals surface area contributed by atoms with E-state index in [-0.39, 0.29) is 0 Å². The molecule has 2 aromatic rings. The number of fused-ring (bicyclic) bond motifs is 1. The average Bonchev–Trinajstić information content (AvgIpc) is 2.96. The summed E-state index contributed by atoms with van der Waals surface area (Å²) in [6.45, 7) is 5.22. The van der Waals surface area contributed by atoms with Crippen molar-refractivity contribution < 1.29 is 4.74 Å². The van der Waals surface area contributed by atoms with Crippen LogP contribution in [0.3, 0.4) is 0 Å². The van der Waals surface area contributed by atoms with E-state index in [1.165, 1.54) is 41.3 Å². The molecule has 114 valence electrons. The molecule has 2 nitrogen and oxygen atoms in total. The quantitative estimate of drug-likeness (QED) is 0.831. The van der Waals surface area contributed by atoms with Crippen LogP contribution in [0, 0.1) is 5.92 Å². The maximum absolute atomic E-state index is 5.51. The number of rotatable bonds is 6. The SMILES string of the molecule is CCCNC(CC1CCOCC1)c1csc2ccccc12. The maximum atomic E-state index is 5.51. The Morgan fingerprint density at radius 2 is 2.10 bits per heavy atom. The van der Waals surface area contributed by atoms with Gasteiger partial charge >= 0.3 is 0 Å². The molecule has 0 radical (unpaired) electrons. The van der Waals surface area contributed by atoms with Crippen LogP contribution in [0.2, 0.25) is 0 Å². The number of ether oxygens (including phenoxy) is 1. The lowest BCUT2D eigenvalue weighted by atomic mass is 9.89. The van der Waals surface area contributed by atoms with E-state index < -0.39 is 0 Å². The van der Waals surface area contributed by atoms with Gasteiger partial charge in [0.2, 0.25) is 0 Å². The first-order valence-electron chi connectivity index (χ1n) is 8.15. The van der Waals surface area contributed by atoms with Crippen LogP contribution in [-0.2, 0) is 4.74 Å². The van der Waals surface area contributed by atoms with Crippen molar-refractivity contribution in [2.45, 2.75) is 38.6 Å². The smallest absolute Gasteiger partial charge is 0.0468 e. The molecule has 0 saturated carbocycles. The standard InChI is InChI=1S/C18H25NOS/c1-2-9-19-17(12-14-7-10-20-11-8-14)16-13-21-18-6-4-3-5-15(16)18/h3-6,13-14,17,19H,2,7-12H2,1H3. The summed E-state index contributed by atoms with van der Waals surface area (Å²) < 4.78 is 6.91. The highest BCUT2D eigenvalue weighted by Gasteiger charge is 2.22. The van der Waals surface area contributed by atoms with Gasteiger partial charge in [-0.05, 0) is 60.5 Å². The van der Waals surface area contributed by atoms with E-state index in [2.05, 4.69) is 41.9 Å². The highest BCUT2D eigenvalue weighted by molar-refractivity contribution is 7.17. The molecule has 1 saturated heterocycles. The summed E-state index contributed by atoms with van der Waals surface area (Å²) in [5.74, 6) is 0.798. The highest BCUT2D eigenvalue weighted by atomic mass is 32.1. The van der Waals surface area contributed by atoms with Gasteiger partial charge in [-0.2, -0.15) is 0 Å². The predicted octanol–water partition coefficient (Wildman–Crippen LogP) is 4.76. The van der Waals surface area contributed by atoms with Gasteiger partial charge in [-0.1, -0.05) is 25.1 Å². The third-order valence-electron chi connectivity index (χ3n) is 4.44. The molecule has 3 rings (SSSR count). The summed E-state index contributed by atoms with van der Waals surface area (Å²) in [5, 5.41) is 7.57. The Morgan fingerprint density at radius 3 is 2.90 bits per heavy atom. The molecule has 0 bridgehead atoms. The predicted molar refractivity (Wildman–Crippen MR) is 91.0 cm³/mol. The van der Waals surface area contributed by atoms with Crippen LogP contribution in [0.1, 0.15) is 44.2 Å². The first-order chi connectivity index (χ1) is 10.4. The molecular weight excluding hydrogens is 278 g/mol. The Balaban J connectivity index is 1.80. The van der Waals surface area contributed by atoms with Crippen LogP contribution in [0.4, 0.5) is 0 Å². The van der Waals surface area contributed by atoms with Crippen LogP contribution >= 0.6 is 11.3 Å². The molecule has 1 atom stereocenters. The number of hydrogen-bond acceptors (Lipinski definition) is 3. The highest BCUT2D eigenvalue weighted by Crippen LogP contribution is 2.35. The molecular formula is C18H25NOS. The van der Waals surface area contributed by atoms with Crippen molar-refractivity contribution >= 4 is 21.4 Å². The van der Waals surface area contributed by atoms with Gasteiger partial charge < -0.3 is 10.1 Å². The second kappa shape index (κ2) is 7.39. The summed E-state index contributed by atoms with van der Waals surface area (Å²) in [7, 11) is 0. The van der Waals surface area contributed by atoms with Crippen molar-refractivity contribution in [3.05, 3.63) is 35.2 Å². The Kier molecular flexibility index (Phi) is 5.28. The fraction of sp³-hybridized carbons (Fsp3) is 0.556. The molecule has 0 aliphatic carbocycles. The van der Waals surface area contributed by atoms with E-state index in [1.807, 2.05) is 11.3 Å². The van der Waals surface area contributed by atoms with E-state index in [0.29, 0.717) is 6.04 Å². The lowest BCUT2D eigenvalue weighted by molar-refractivity contribution is 0.0606. The molecule has 3 heteroatoms. The minimum atomic E-state index is 0.490. The largest absolute Gasteiger partial charge is 0.381 e. The lowest BCUT2D eigenvalue weighted by Crippen LogP contribution is -2.26. The second-order valence-electron chi connectivity index (χ2n) is 5.99. The van der Waals surface area contributed by atoms with Crippen LogP contribution in [-0.4, -0.2) is 19.8 Å². The molecule has 1 aliphatic rings. The zero-order valence-electron chi connectivity index (χ0n) is 12.8. The average molecular weight is 303 g/mol. The molecule has 2 heterocycles. The fourth-order valence-electron chi connectivity index (χ4n) is 3.22. The Labute approximate surface area is 131 Å². The van der Waals surface area contributed by atoms with Crippen LogP contribution < -0.4 is 5.32 Å². The van der Waals surface area contributed by atoms with Crippen LogP contribution in [0.5, 0.6) is 0 Å². The molecule has 1 aromatic heterocycles. The summed E-state index contributed by atoms with van der Waals surface area (Å²) in [4.78, 5) is 0. The fourth-order valence-corrected chi connectivity index (χ4v) is 4.24. The monoisotopic (exact) mass is 303 g/mol. The zero-order valence-corrected chi connectivity index (χ0v) is 13.6. The zero-order chi connectivity index (χ0) is 14.5. The number of thiophene rings is 1. The van der Waals surface area contributed by atoms with E-state index in [4.69, 9.17) is 4.74 Å². The van der Waals surface area contributed by atoms with Gasteiger partial charge in [0, 0.05) is 24.0 Å². The molecule has 1 unspecified atom stereocenters. The third-order valence-corrected chi connectivity index (χ3v) is 5.42. The second-order valence-corrected chi connectivity index (χ2v) is 6.90.